The van der Waals surface area contributed by atoms with Gasteiger partial charge in [-0.25, -0.2) is 22.2 Å². The number of anilines is 4. The molecular weight excluding hydrogens is 524 g/mol. The first-order valence-corrected chi connectivity index (χ1v) is 13.9. The molecule has 3 N–H and O–H groups in total. The molecule has 4 aromatic rings. The molecule has 1 atom stereocenters. The lowest BCUT2D eigenvalue weighted by molar-refractivity contribution is 0.0760. The van der Waals surface area contributed by atoms with E-state index >= 15 is 0 Å². The molecule has 11 heteroatoms. The molecule has 39 heavy (non-hydrogen) atoms. The molecule has 1 unspecified atom stereocenters. The molecule has 1 aliphatic heterocycles. The third-order valence-corrected chi connectivity index (χ3v) is 8.59. The van der Waals surface area contributed by atoms with Gasteiger partial charge < -0.3 is 15.7 Å². The maximum atomic E-state index is 13.2. The van der Waals surface area contributed by atoms with Crippen LogP contribution in [0.4, 0.5) is 31.9 Å². The number of hydrogen-bond donors (Lipinski definition) is 3. The Bertz CT molecular complexity index is 1510. The first-order valence-electron chi connectivity index (χ1n) is 12.4. The molecule has 0 saturated carbocycles. The molecule has 0 spiro atoms. The average Bonchev–Trinajstić information content (AvgIpc) is 2.95. The summed E-state index contributed by atoms with van der Waals surface area (Å²) in [6, 6.07) is 19.6. The van der Waals surface area contributed by atoms with Gasteiger partial charge in [0.2, 0.25) is 16.0 Å². The van der Waals surface area contributed by atoms with Gasteiger partial charge in [-0.1, -0.05) is 12.1 Å². The van der Waals surface area contributed by atoms with Gasteiger partial charge in [-0.05, 0) is 91.1 Å². The Balaban J connectivity index is 1.19. The molecule has 8 nitrogen and oxygen atoms in total. The Labute approximate surface area is 225 Å². The molecule has 5 rings (SSSR count). The maximum Gasteiger partial charge on any atom is 0.243 e. The summed E-state index contributed by atoms with van der Waals surface area (Å²) < 4.78 is 54.2. The summed E-state index contributed by atoms with van der Waals surface area (Å²) in [5, 5.41) is 16.8. The number of nitrogens with one attached hydrogen (secondary N) is 2. The number of hydrogen-bond acceptors (Lipinski definition) is 7. The van der Waals surface area contributed by atoms with Gasteiger partial charge in [-0.15, -0.1) is 0 Å². The van der Waals surface area contributed by atoms with Crippen molar-refractivity contribution < 1.29 is 22.3 Å². The molecule has 2 heterocycles. The monoisotopic (exact) mass is 551 g/mol. The minimum absolute atomic E-state index is 0.109. The normalized spacial score (nSPS) is 15.6. The van der Waals surface area contributed by atoms with E-state index in [1.807, 2.05) is 0 Å². The van der Waals surface area contributed by atoms with Gasteiger partial charge in [-0.2, -0.15) is 9.29 Å². The van der Waals surface area contributed by atoms with Crippen molar-refractivity contribution in [1.29, 1.82) is 0 Å². The fraction of sp³-hybridized carbons (Fsp3) is 0.214. The number of sulfonamides is 1. The Morgan fingerprint density at radius 3 is 2.03 bits per heavy atom. The van der Waals surface area contributed by atoms with E-state index < -0.39 is 16.1 Å². The molecule has 0 amide bonds. The molecule has 202 valence electrons. The Kier molecular flexibility index (Phi) is 7.82. The number of nitrogens with zero attached hydrogens (tertiary/aromatic N) is 3. The van der Waals surface area contributed by atoms with Gasteiger partial charge in [0.15, 0.2) is 0 Å². The van der Waals surface area contributed by atoms with Crippen molar-refractivity contribution in [3.8, 4) is 0 Å². The summed E-state index contributed by atoms with van der Waals surface area (Å²) in [4.78, 5) is 8.74. The van der Waals surface area contributed by atoms with Crippen molar-refractivity contribution in [1.82, 2.24) is 14.3 Å². The zero-order chi connectivity index (χ0) is 27.4. The Morgan fingerprint density at radius 1 is 0.821 bits per heavy atom. The number of benzene rings is 3. The van der Waals surface area contributed by atoms with E-state index in [0.717, 1.165) is 0 Å². The van der Waals surface area contributed by atoms with Crippen LogP contribution in [-0.2, 0) is 10.0 Å². The van der Waals surface area contributed by atoms with E-state index in [1.165, 1.54) is 40.7 Å². The van der Waals surface area contributed by atoms with Crippen LogP contribution in [-0.4, -0.2) is 40.9 Å². The van der Waals surface area contributed by atoms with E-state index in [4.69, 9.17) is 0 Å². The lowest BCUT2D eigenvalue weighted by Crippen LogP contribution is -2.39. The van der Waals surface area contributed by atoms with E-state index in [1.54, 1.807) is 48.7 Å². The van der Waals surface area contributed by atoms with E-state index in [0.29, 0.717) is 41.5 Å². The van der Waals surface area contributed by atoms with Crippen molar-refractivity contribution in [2.75, 3.05) is 23.7 Å². The second-order valence-corrected chi connectivity index (χ2v) is 11.2. The van der Waals surface area contributed by atoms with Crippen LogP contribution in [0.5, 0.6) is 0 Å². The number of halogens is 2. The molecule has 1 fully saturated rings. The van der Waals surface area contributed by atoms with Gasteiger partial charge in [0.1, 0.15) is 17.5 Å². The fourth-order valence-electron chi connectivity index (χ4n) is 4.52. The zero-order valence-corrected chi connectivity index (χ0v) is 21.7. The van der Waals surface area contributed by atoms with Gasteiger partial charge in [0.25, 0.3) is 0 Å². The topological polar surface area (TPSA) is 107 Å². The number of rotatable bonds is 8. The van der Waals surface area contributed by atoms with Crippen LogP contribution < -0.4 is 10.6 Å². The number of aromatic nitrogens is 2. The molecule has 1 aromatic heterocycles. The Hall–Kier alpha value is -3.93. The molecule has 1 saturated heterocycles. The Morgan fingerprint density at radius 2 is 1.38 bits per heavy atom. The SMILES string of the molecule is O=S(=O)(c1ccc(Nc2nccc(Nc3ccc(F)cc3)n2)cc1)N1CCC(C(O)c2ccc(F)cc2)CC1. The quantitative estimate of drug-likeness (QED) is 0.270. The highest BCUT2D eigenvalue weighted by Gasteiger charge is 2.32. The van der Waals surface area contributed by atoms with Gasteiger partial charge in [-0.3, -0.25) is 0 Å². The predicted molar refractivity (Wildman–Crippen MR) is 144 cm³/mol. The maximum absolute atomic E-state index is 13.2. The molecule has 0 radical (unpaired) electrons. The van der Waals surface area contributed by atoms with E-state index in [9.17, 15) is 22.3 Å². The molecular formula is C28H27F2N5O3S. The number of aliphatic hydroxyl groups excluding tert-OH is 1. The lowest BCUT2D eigenvalue weighted by atomic mass is 9.88. The summed E-state index contributed by atoms with van der Waals surface area (Å²) in [7, 11) is -3.71. The smallest absolute Gasteiger partial charge is 0.243 e. The van der Waals surface area contributed by atoms with Crippen molar-refractivity contribution in [3.05, 3.63) is 102 Å². The molecule has 1 aliphatic rings. The summed E-state index contributed by atoms with van der Waals surface area (Å²) in [5.41, 5.74) is 1.90. The molecule has 0 aliphatic carbocycles. The summed E-state index contributed by atoms with van der Waals surface area (Å²) in [6.07, 6.45) is 1.79. The van der Waals surface area contributed by atoms with E-state index in [2.05, 4.69) is 20.6 Å². The van der Waals surface area contributed by atoms with Crippen LogP contribution in [0.15, 0.2) is 90.0 Å². The lowest BCUT2D eigenvalue weighted by Gasteiger charge is -2.33. The van der Waals surface area contributed by atoms with Crippen LogP contribution in [0.1, 0.15) is 24.5 Å². The van der Waals surface area contributed by atoms with Crippen LogP contribution in [0.2, 0.25) is 0 Å². The average molecular weight is 552 g/mol. The van der Waals surface area contributed by atoms with Crippen molar-refractivity contribution in [2.24, 2.45) is 5.92 Å². The number of aliphatic hydroxyl groups is 1. The molecule has 0 bridgehead atoms. The standard InChI is InChI=1S/C28H27F2N5O3S/c29-21-3-1-19(2-4-21)27(36)20-14-17-35(18-15-20)39(37,38)25-11-9-24(10-12-25)33-28-31-16-13-26(34-28)32-23-7-5-22(30)6-8-23/h1-13,16,20,27,36H,14-15,17-18H2,(H2,31,32,33,34). The van der Waals surface area contributed by atoms with Crippen molar-refractivity contribution >= 4 is 33.2 Å². The summed E-state index contributed by atoms with van der Waals surface area (Å²) >= 11 is 0. The number of piperidine rings is 1. The summed E-state index contributed by atoms with van der Waals surface area (Å²) in [6.45, 7) is 0.569. The predicted octanol–water partition coefficient (Wildman–Crippen LogP) is 5.38. The highest BCUT2D eigenvalue weighted by molar-refractivity contribution is 7.89. The minimum Gasteiger partial charge on any atom is -0.388 e. The van der Waals surface area contributed by atoms with Crippen LogP contribution >= 0.6 is 0 Å². The van der Waals surface area contributed by atoms with Gasteiger partial charge in [0, 0.05) is 30.7 Å². The largest absolute Gasteiger partial charge is 0.388 e. The van der Waals surface area contributed by atoms with Crippen LogP contribution in [0.25, 0.3) is 0 Å². The van der Waals surface area contributed by atoms with Gasteiger partial charge >= 0.3 is 0 Å². The summed E-state index contributed by atoms with van der Waals surface area (Å²) in [5.74, 6) is 0.00162. The second kappa shape index (κ2) is 11.4. The highest BCUT2D eigenvalue weighted by atomic mass is 32.2. The first kappa shape index (κ1) is 26.7. The fourth-order valence-corrected chi connectivity index (χ4v) is 5.99. The second-order valence-electron chi connectivity index (χ2n) is 9.28. The van der Waals surface area contributed by atoms with Gasteiger partial charge in [0.05, 0.1) is 11.0 Å². The third kappa shape index (κ3) is 6.39. The van der Waals surface area contributed by atoms with Crippen molar-refractivity contribution in [3.63, 3.8) is 0 Å². The van der Waals surface area contributed by atoms with E-state index in [-0.39, 0.29) is 35.5 Å². The molecule has 3 aromatic carbocycles. The third-order valence-electron chi connectivity index (χ3n) is 6.68. The zero-order valence-electron chi connectivity index (χ0n) is 20.8. The highest BCUT2D eigenvalue weighted by Crippen LogP contribution is 2.33. The van der Waals surface area contributed by atoms with Crippen LogP contribution in [0.3, 0.4) is 0 Å². The van der Waals surface area contributed by atoms with Crippen molar-refractivity contribution in [2.45, 2.75) is 23.8 Å². The first-order chi connectivity index (χ1) is 18.8. The minimum atomic E-state index is -3.71. The van der Waals surface area contributed by atoms with Crippen LogP contribution in [0, 0.1) is 17.6 Å².